The Hall–Kier alpha value is -2.49. The van der Waals surface area contributed by atoms with Crippen molar-refractivity contribution in [1.82, 2.24) is 0 Å². The molecule has 28 heavy (non-hydrogen) atoms. The molecule has 0 aromatic heterocycles. The van der Waals surface area contributed by atoms with Crippen molar-refractivity contribution >= 4 is 5.97 Å². The van der Waals surface area contributed by atoms with Crippen LogP contribution in [0.5, 0.6) is 11.5 Å². The second kappa shape index (κ2) is 10.2. The number of hydrogen-bond donors (Lipinski definition) is 1. The Kier molecular flexibility index (Phi) is 7.35. The van der Waals surface area contributed by atoms with Crippen LogP contribution < -0.4 is 9.47 Å². The fraction of sp³-hybridized carbons (Fsp3) is 0.458. The van der Waals surface area contributed by atoms with Gasteiger partial charge in [0.25, 0.3) is 0 Å². The molecule has 4 heteroatoms. The van der Waals surface area contributed by atoms with E-state index in [1.807, 2.05) is 54.6 Å². The molecule has 0 bridgehead atoms. The molecule has 4 rings (SSSR count). The van der Waals surface area contributed by atoms with Crippen LogP contribution in [-0.4, -0.2) is 23.8 Å². The van der Waals surface area contributed by atoms with Gasteiger partial charge in [0.05, 0.1) is 18.6 Å². The van der Waals surface area contributed by atoms with Crippen LogP contribution in [0.1, 0.15) is 44.6 Å². The average molecular weight is 383 g/mol. The maximum atomic E-state index is 11.0. The molecule has 4 nitrogen and oxygen atoms in total. The number of benzene rings is 2. The van der Waals surface area contributed by atoms with Gasteiger partial charge in [0.15, 0.2) is 0 Å². The molecule has 2 saturated carbocycles. The summed E-state index contributed by atoms with van der Waals surface area (Å²) in [5.41, 5.74) is 0.992. The summed E-state index contributed by atoms with van der Waals surface area (Å²) >= 11 is 0. The molecule has 0 spiro atoms. The Bertz CT molecular complexity index is 733. The van der Waals surface area contributed by atoms with E-state index in [4.69, 9.17) is 14.6 Å². The summed E-state index contributed by atoms with van der Waals surface area (Å²) in [7, 11) is 0. The minimum absolute atomic E-state index is 0.277. The van der Waals surface area contributed by atoms with E-state index in [1.165, 1.54) is 19.3 Å². The van der Waals surface area contributed by atoms with Crippen LogP contribution in [0.15, 0.2) is 54.6 Å². The lowest BCUT2D eigenvalue weighted by atomic mass is 9.83. The molecule has 2 fully saturated rings. The standard InChI is InChI=1S/C21H24O4.C3H6/c1-15(21(22)23)10-16-6-5-9-19(11-16)24-14-17-12-20(13-17)25-18-7-3-2-4-8-18;1-2-3-1/h2-9,11,15,17,20H,10,12-14H2,1H3,(H,22,23);1-3H2. The van der Waals surface area contributed by atoms with Crippen molar-refractivity contribution < 1.29 is 19.4 Å². The summed E-state index contributed by atoms with van der Waals surface area (Å²) in [6, 6.07) is 17.6. The fourth-order valence-corrected chi connectivity index (χ4v) is 3.02. The van der Waals surface area contributed by atoms with Crippen molar-refractivity contribution in [2.45, 2.75) is 51.6 Å². The molecule has 150 valence electrons. The topological polar surface area (TPSA) is 55.8 Å². The van der Waals surface area contributed by atoms with Crippen LogP contribution in [-0.2, 0) is 11.2 Å². The van der Waals surface area contributed by atoms with Crippen molar-refractivity contribution in [2.24, 2.45) is 11.8 Å². The molecule has 2 aromatic rings. The second-order valence-electron chi connectivity index (χ2n) is 7.85. The van der Waals surface area contributed by atoms with Gasteiger partial charge in [0.1, 0.15) is 11.5 Å². The van der Waals surface area contributed by atoms with E-state index in [0.29, 0.717) is 18.9 Å². The van der Waals surface area contributed by atoms with E-state index in [2.05, 4.69) is 0 Å². The van der Waals surface area contributed by atoms with Gasteiger partial charge in [-0.3, -0.25) is 4.79 Å². The molecule has 0 saturated heterocycles. The summed E-state index contributed by atoms with van der Waals surface area (Å²) < 4.78 is 11.8. The smallest absolute Gasteiger partial charge is 0.306 e. The molecule has 1 N–H and O–H groups in total. The third-order valence-corrected chi connectivity index (χ3v) is 4.94. The second-order valence-corrected chi connectivity index (χ2v) is 7.85. The Morgan fingerprint density at radius 1 is 1.04 bits per heavy atom. The number of carboxylic acid groups (broad SMARTS) is 1. The number of ether oxygens (including phenoxy) is 2. The number of carboxylic acids is 1. The number of aliphatic carboxylic acids is 1. The SMILES string of the molecule is C1CC1.CC(Cc1cccc(OCC2CC(Oc3ccccc3)C2)c1)C(=O)O. The van der Waals surface area contributed by atoms with Gasteiger partial charge in [-0.05, 0) is 55.0 Å². The number of rotatable bonds is 8. The highest BCUT2D eigenvalue weighted by Crippen LogP contribution is 2.32. The van der Waals surface area contributed by atoms with Gasteiger partial charge in [0.2, 0.25) is 0 Å². The van der Waals surface area contributed by atoms with Crippen LogP contribution in [0.2, 0.25) is 0 Å². The molecule has 0 heterocycles. The third-order valence-electron chi connectivity index (χ3n) is 4.94. The van der Waals surface area contributed by atoms with Crippen molar-refractivity contribution in [3.63, 3.8) is 0 Å². The molecule has 1 unspecified atom stereocenters. The molecule has 2 aliphatic carbocycles. The van der Waals surface area contributed by atoms with Gasteiger partial charge in [-0.2, -0.15) is 0 Å². The molecule has 0 amide bonds. The normalized spacial score (nSPS) is 20.8. The molecule has 0 aliphatic heterocycles. The maximum absolute atomic E-state index is 11.0. The highest BCUT2D eigenvalue weighted by molar-refractivity contribution is 5.69. The Balaban J connectivity index is 0.000000684. The zero-order chi connectivity index (χ0) is 19.8. The van der Waals surface area contributed by atoms with E-state index in [-0.39, 0.29) is 6.10 Å². The van der Waals surface area contributed by atoms with Gasteiger partial charge in [-0.1, -0.05) is 56.5 Å². The summed E-state index contributed by atoms with van der Waals surface area (Å²) in [4.78, 5) is 11.0. The van der Waals surface area contributed by atoms with Crippen LogP contribution in [0.4, 0.5) is 0 Å². The van der Waals surface area contributed by atoms with Crippen LogP contribution >= 0.6 is 0 Å². The molecular formula is C24H30O4. The zero-order valence-electron chi connectivity index (χ0n) is 16.5. The first kappa shape index (κ1) is 20.2. The lowest BCUT2D eigenvalue weighted by Gasteiger charge is -2.35. The minimum Gasteiger partial charge on any atom is -0.493 e. The largest absolute Gasteiger partial charge is 0.493 e. The molecule has 0 radical (unpaired) electrons. The summed E-state index contributed by atoms with van der Waals surface area (Å²) in [5.74, 6) is 1.08. The number of para-hydroxylation sites is 1. The van der Waals surface area contributed by atoms with Crippen molar-refractivity contribution in [3.8, 4) is 11.5 Å². The van der Waals surface area contributed by atoms with E-state index in [0.717, 1.165) is 29.9 Å². The Morgan fingerprint density at radius 2 is 1.71 bits per heavy atom. The number of hydrogen-bond acceptors (Lipinski definition) is 3. The zero-order valence-corrected chi connectivity index (χ0v) is 16.5. The van der Waals surface area contributed by atoms with Crippen molar-refractivity contribution in [2.75, 3.05) is 6.61 Å². The summed E-state index contributed by atoms with van der Waals surface area (Å²) in [6.07, 6.45) is 7.30. The van der Waals surface area contributed by atoms with Crippen molar-refractivity contribution in [3.05, 3.63) is 60.2 Å². The van der Waals surface area contributed by atoms with Crippen LogP contribution in [0.25, 0.3) is 0 Å². The predicted octanol–water partition coefficient (Wildman–Crippen LogP) is 5.36. The highest BCUT2D eigenvalue weighted by Gasteiger charge is 2.31. The first-order chi connectivity index (χ1) is 13.6. The lowest BCUT2D eigenvalue weighted by molar-refractivity contribution is -0.141. The lowest BCUT2D eigenvalue weighted by Crippen LogP contribution is -2.36. The molecular weight excluding hydrogens is 352 g/mol. The minimum atomic E-state index is -0.773. The van der Waals surface area contributed by atoms with Gasteiger partial charge in [-0.15, -0.1) is 0 Å². The van der Waals surface area contributed by atoms with Crippen molar-refractivity contribution in [1.29, 1.82) is 0 Å². The monoisotopic (exact) mass is 382 g/mol. The van der Waals surface area contributed by atoms with Crippen LogP contribution in [0, 0.1) is 11.8 Å². The summed E-state index contributed by atoms with van der Waals surface area (Å²) in [6.45, 7) is 2.39. The fourth-order valence-electron chi connectivity index (χ4n) is 3.02. The van der Waals surface area contributed by atoms with E-state index >= 15 is 0 Å². The van der Waals surface area contributed by atoms with E-state index < -0.39 is 11.9 Å². The average Bonchev–Trinajstić information content (AvgIpc) is 3.54. The summed E-state index contributed by atoms with van der Waals surface area (Å²) in [5, 5.41) is 9.02. The van der Waals surface area contributed by atoms with Gasteiger partial charge in [0, 0.05) is 0 Å². The van der Waals surface area contributed by atoms with E-state index in [1.54, 1.807) is 6.92 Å². The molecule has 2 aliphatic rings. The maximum Gasteiger partial charge on any atom is 0.306 e. The first-order valence-electron chi connectivity index (χ1n) is 10.3. The first-order valence-corrected chi connectivity index (χ1v) is 10.3. The Morgan fingerprint density at radius 3 is 2.36 bits per heavy atom. The van der Waals surface area contributed by atoms with E-state index in [9.17, 15) is 4.79 Å². The quantitative estimate of drug-likeness (QED) is 0.668. The predicted molar refractivity (Wildman–Crippen MR) is 110 cm³/mol. The van der Waals surface area contributed by atoms with Gasteiger partial charge >= 0.3 is 5.97 Å². The van der Waals surface area contributed by atoms with Gasteiger partial charge < -0.3 is 14.6 Å². The molecule has 1 atom stereocenters. The highest BCUT2D eigenvalue weighted by atomic mass is 16.5. The molecule has 2 aromatic carbocycles. The third kappa shape index (κ3) is 6.91. The Labute approximate surface area is 167 Å². The van der Waals surface area contributed by atoms with Crippen LogP contribution in [0.3, 0.4) is 0 Å². The van der Waals surface area contributed by atoms with Gasteiger partial charge in [-0.25, -0.2) is 0 Å². The number of carbonyl (C=O) groups is 1.